The van der Waals surface area contributed by atoms with Crippen molar-refractivity contribution >= 4 is 0 Å². The lowest BCUT2D eigenvalue weighted by Gasteiger charge is -2.18. The molecule has 1 unspecified atom stereocenters. The Morgan fingerprint density at radius 2 is 2.00 bits per heavy atom. The second kappa shape index (κ2) is 9.09. The van der Waals surface area contributed by atoms with Gasteiger partial charge in [-0.1, -0.05) is 39.5 Å². The van der Waals surface area contributed by atoms with Gasteiger partial charge in [0.15, 0.2) is 0 Å². The highest BCUT2D eigenvalue weighted by Gasteiger charge is 2.11. The Bertz CT molecular complexity index is 323. The van der Waals surface area contributed by atoms with Crippen LogP contribution in [-0.4, -0.2) is 11.5 Å². The Labute approximate surface area is 112 Å². The van der Waals surface area contributed by atoms with Gasteiger partial charge in [-0.25, -0.2) is 0 Å². The number of pyridine rings is 1. The molecule has 0 aliphatic heterocycles. The highest BCUT2D eigenvalue weighted by molar-refractivity contribution is 5.17. The highest BCUT2D eigenvalue weighted by atomic mass is 14.9. The predicted molar refractivity (Wildman–Crippen MR) is 78.8 cm³/mol. The molecule has 1 rings (SSSR count). The summed E-state index contributed by atoms with van der Waals surface area (Å²) in [5, 5.41) is 3.63. The summed E-state index contributed by atoms with van der Waals surface area (Å²) in [6.07, 6.45) is 9.60. The van der Waals surface area contributed by atoms with E-state index in [2.05, 4.69) is 43.2 Å². The normalized spacial score (nSPS) is 12.6. The van der Waals surface area contributed by atoms with Gasteiger partial charge in [0.2, 0.25) is 0 Å². The molecule has 1 N–H and O–H groups in total. The molecule has 0 saturated carbocycles. The summed E-state index contributed by atoms with van der Waals surface area (Å²) in [4.78, 5) is 4.53. The molecule has 0 aromatic carbocycles. The molecule has 0 fully saturated rings. The molecule has 1 heterocycles. The first-order chi connectivity index (χ1) is 8.77. The minimum atomic E-state index is 0.432. The van der Waals surface area contributed by atoms with Crippen LogP contribution in [0.1, 0.15) is 69.7 Å². The fraction of sp³-hybridized carbons (Fsp3) is 0.688. The fourth-order valence-electron chi connectivity index (χ4n) is 2.20. The minimum absolute atomic E-state index is 0.432. The first-order valence-corrected chi connectivity index (χ1v) is 7.43. The van der Waals surface area contributed by atoms with Crippen molar-refractivity contribution in [2.45, 2.75) is 65.3 Å². The quantitative estimate of drug-likeness (QED) is 0.655. The number of rotatable bonds is 9. The van der Waals surface area contributed by atoms with Crippen molar-refractivity contribution in [3.63, 3.8) is 0 Å². The van der Waals surface area contributed by atoms with Gasteiger partial charge in [-0.05, 0) is 44.0 Å². The molecule has 2 nitrogen and oxygen atoms in total. The van der Waals surface area contributed by atoms with E-state index in [0.29, 0.717) is 6.04 Å². The van der Waals surface area contributed by atoms with Crippen LogP contribution in [0, 0.1) is 6.92 Å². The van der Waals surface area contributed by atoms with Gasteiger partial charge in [0, 0.05) is 12.2 Å². The number of unbranched alkanes of at least 4 members (excludes halogenated alkanes) is 3. The van der Waals surface area contributed by atoms with Gasteiger partial charge in [-0.2, -0.15) is 0 Å². The van der Waals surface area contributed by atoms with E-state index in [1.54, 1.807) is 0 Å². The average molecular weight is 248 g/mol. The molecule has 0 aliphatic carbocycles. The molecule has 1 aromatic heterocycles. The number of nitrogens with one attached hydrogen (secondary N) is 1. The van der Waals surface area contributed by atoms with Crippen molar-refractivity contribution in [2.75, 3.05) is 6.54 Å². The molecular formula is C16H28N2. The van der Waals surface area contributed by atoms with Crippen molar-refractivity contribution in [2.24, 2.45) is 0 Å². The van der Waals surface area contributed by atoms with Crippen LogP contribution in [0.2, 0.25) is 0 Å². The molecule has 1 aromatic rings. The number of hydrogen-bond donors (Lipinski definition) is 1. The minimum Gasteiger partial charge on any atom is -0.309 e. The molecule has 0 amide bonds. The topological polar surface area (TPSA) is 24.9 Å². The molecule has 0 aliphatic rings. The van der Waals surface area contributed by atoms with Crippen molar-refractivity contribution in [3.8, 4) is 0 Å². The predicted octanol–water partition coefficient (Wildman–Crippen LogP) is 4.40. The maximum absolute atomic E-state index is 4.53. The average Bonchev–Trinajstić information content (AvgIpc) is 2.38. The van der Waals surface area contributed by atoms with E-state index in [9.17, 15) is 0 Å². The van der Waals surface area contributed by atoms with E-state index in [-0.39, 0.29) is 0 Å². The lowest BCUT2D eigenvalue weighted by atomic mass is 10.0. The van der Waals surface area contributed by atoms with E-state index in [1.807, 2.05) is 6.20 Å². The van der Waals surface area contributed by atoms with Gasteiger partial charge in [0.25, 0.3) is 0 Å². The Morgan fingerprint density at radius 1 is 1.17 bits per heavy atom. The molecule has 0 saturated heterocycles. The molecule has 2 heteroatoms. The summed E-state index contributed by atoms with van der Waals surface area (Å²) >= 11 is 0. The number of nitrogens with zero attached hydrogens (tertiary/aromatic N) is 1. The molecule has 1 atom stereocenters. The second-order valence-corrected chi connectivity index (χ2v) is 5.11. The van der Waals surface area contributed by atoms with E-state index in [1.165, 1.54) is 49.8 Å². The van der Waals surface area contributed by atoms with Crippen LogP contribution in [0.5, 0.6) is 0 Å². The van der Waals surface area contributed by atoms with Crippen LogP contribution in [0.25, 0.3) is 0 Å². The molecular weight excluding hydrogens is 220 g/mol. The third-order valence-electron chi connectivity index (χ3n) is 3.28. The van der Waals surface area contributed by atoms with Crippen molar-refractivity contribution in [1.29, 1.82) is 0 Å². The van der Waals surface area contributed by atoms with Gasteiger partial charge in [-0.3, -0.25) is 4.98 Å². The van der Waals surface area contributed by atoms with Crippen LogP contribution >= 0.6 is 0 Å². The van der Waals surface area contributed by atoms with E-state index in [0.717, 1.165) is 6.54 Å². The molecule has 102 valence electrons. The summed E-state index contributed by atoms with van der Waals surface area (Å²) in [6.45, 7) is 7.69. The zero-order valence-electron chi connectivity index (χ0n) is 12.2. The smallest absolute Gasteiger partial charge is 0.0575 e. The third kappa shape index (κ3) is 5.63. The van der Waals surface area contributed by atoms with Gasteiger partial charge in [0.1, 0.15) is 0 Å². The van der Waals surface area contributed by atoms with Gasteiger partial charge in [-0.15, -0.1) is 0 Å². The van der Waals surface area contributed by atoms with E-state index >= 15 is 0 Å². The summed E-state index contributed by atoms with van der Waals surface area (Å²) in [6, 6.07) is 4.71. The van der Waals surface area contributed by atoms with Crippen molar-refractivity contribution in [1.82, 2.24) is 10.3 Å². The largest absolute Gasteiger partial charge is 0.309 e. The Morgan fingerprint density at radius 3 is 2.67 bits per heavy atom. The van der Waals surface area contributed by atoms with Crippen LogP contribution in [0.4, 0.5) is 0 Å². The highest BCUT2D eigenvalue weighted by Crippen LogP contribution is 2.19. The van der Waals surface area contributed by atoms with Gasteiger partial charge in [0.05, 0.1) is 5.69 Å². The zero-order chi connectivity index (χ0) is 13.2. The lowest BCUT2D eigenvalue weighted by molar-refractivity contribution is 0.462. The van der Waals surface area contributed by atoms with Gasteiger partial charge < -0.3 is 5.32 Å². The lowest BCUT2D eigenvalue weighted by Crippen LogP contribution is -2.23. The Hall–Kier alpha value is -0.890. The van der Waals surface area contributed by atoms with Crippen LogP contribution < -0.4 is 5.32 Å². The van der Waals surface area contributed by atoms with Crippen molar-refractivity contribution in [3.05, 3.63) is 29.6 Å². The molecule has 0 spiro atoms. The van der Waals surface area contributed by atoms with Gasteiger partial charge >= 0.3 is 0 Å². The fourth-order valence-corrected chi connectivity index (χ4v) is 2.20. The zero-order valence-corrected chi connectivity index (χ0v) is 12.2. The van der Waals surface area contributed by atoms with Crippen LogP contribution in [0.15, 0.2) is 18.3 Å². The van der Waals surface area contributed by atoms with Crippen molar-refractivity contribution < 1.29 is 0 Å². The molecule has 18 heavy (non-hydrogen) atoms. The van der Waals surface area contributed by atoms with Crippen LogP contribution in [-0.2, 0) is 0 Å². The summed E-state index contributed by atoms with van der Waals surface area (Å²) in [5.41, 5.74) is 2.51. The summed E-state index contributed by atoms with van der Waals surface area (Å²) in [7, 11) is 0. The molecule has 0 bridgehead atoms. The first-order valence-electron chi connectivity index (χ1n) is 7.43. The SMILES string of the molecule is CCCCCCC(NCCC)c1cc(C)ccn1. The third-order valence-corrected chi connectivity index (χ3v) is 3.28. The van der Waals surface area contributed by atoms with E-state index in [4.69, 9.17) is 0 Å². The number of aromatic nitrogens is 1. The standard InChI is InChI=1S/C16H28N2/c1-4-6-7-8-9-15(17-11-5-2)16-13-14(3)10-12-18-16/h10,12-13,15,17H,4-9,11H2,1-3H3. The summed E-state index contributed by atoms with van der Waals surface area (Å²) in [5.74, 6) is 0. The first kappa shape index (κ1) is 15.2. The van der Waals surface area contributed by atoms with E-state index < -0.39 is 0 Å². The number of aryl methyl sites for hydroxylation is 1. The monoisotopic (exact) mass is 248 g/mol. The number of hydrogen-bond acceptors (Lipinski definition) is 2. The maximum atomic E-state index is 4.53. The summed E-state index contributed by atoms with van der Waals surface area (Å²) < 4.78 is 0. The maximum Gasteiger partial charge on any atom is 0.0575 e. The Kier molecular flexibility index (Phi) is 7.66. The Balaban J connectivity index is 2.54. The molecule has 0 radical (unpaired) electrons. The second-order valence-electron chi connectivity index (χ2n) is 5.11. The van der Waals surface area contributed by atoms with Crippen LogP contribution in [0.3, 0.4) is 0 Å².